The van der Waals surface area contributed by atoms with Crippen LogP contribution in [0.15, 0.2) is 41.1 Å². The van der Waals surface area contributed by atoms with Gasteiger partial charge in [-0.25, -0.2) is 0 Å². The van der Waals surface area contributed by atoms with Crippen LogP contribution in [-0.4, -0.2) is 11.0 Å². The molecule has 0 unspecified atom stereocenters. The Balaban J connectivity index is 1.98. The predicted octanol–water partition coefficient (Wildman–Crippen LogP) is 2.38. The third-order valence-electron chi connectivity index (χ3n) is 2.14. The summed E-state index contributed by atoms with van der Waals surface area (Å²) in [4.78, 5) is 11.7. The summed E-state index contributed by atoms with van der Waals surface area (Å²) in [5, 5.41) is 16.0. The summed E-state index contributed by atoms with van der Waals surface area (Å²) in [5.74, 6) is -0.0784. The monoisotopic (exact) mass is 233 g/mol. The first-order valence-corrected chi connectivity index (χ1v) is 5.78. The van der Waals surface area contributed by atoms with Gasteiger partial charge in [0.05, 0.1) is 0 Å². The van der Waals surface area contributed by atoms with Crippen LogP contribution in [0.2, 0.25) is 0 Å². The molecule has 0 saturated carbocycles. The molecule has 2 rings (SSSR count). The molecule has 0 saturated heterocycles. The lowest BCUT2D eigenvalue weighted by molar-refractivity contribution is 0.0950. The second-order valence-corrected chi connectivity index (χ2v) is 4.14. The largest absolute Gasteiger partial charge is 0.508 e. The highest BCUT2D eigenvalue weighted by Gasteiger charge is 2.05. The molecule has 0 aliphatic rings. The zero-order valence-corrected chi connectivity index (χ0v) is 9.33. The SMILES string of the molecule is O=C(NCc1ccsc1)c1cccc(O)c1. The number of aromatic hydroxyl groups is 1. The molecule has 0 fully saturated rings. The topological polar surface area (TPSA) is 49.3 Å². The van der Waals surface area contributed by atoms with E-state index in [1.54, 1.807) is 23.5 Å². The van der Waals surface area contributed by atoms with Gasteiger partial charge in [0.1, 0.15) is 5.75 Å². The van der Waals surface area contributed by atoms with Crippen molar-refractivity contribution in [2.24, 2.45) is 0 Å². The number of thiophene rings is 1. The second-order valence-electron chi connectivity index (χ2n) is 3.36. The maximum atomic E-state index is 11.7. The van der Waals surface area contributed by atoms with Crippen LogP contribution in [0.25, 0.3) is 0 Å². The first-order valence-electron chi connectivity index (χ1n) is 4.84. The number of carbonyl (C=O) groups is 1. The molecule has 0 radical (unpaired) electrons. The summed E-state index contributed by atoms with van der Waals surface area (Å²) >= 11 is 1.60. The molecule has 0 aliphatic heterocycles. The van der Waals surface area contributed by atoms with Gasteiger partial charge in [0.25, 0.3) is 5.91 Å². The molecule has 0 bridgehead atoms. The minimum absolute atomic E-state index is 0.100. The van der Waals surface area contributed by atoms with Gasteiger partial charge < -0.3 is 10.4 Å². The van der Waals surface area contributed by atoms with Crippen molar-refractivity contribution in [3.8, 4) is 5.75 Å². The van der Waals surface area contributed by atoms with E-state index in [0.29, 0.717) is 12.1 Å². The summed E-state index contributed by atoms with van der Waals surface area (Å²) in [6.07, 6.45) is 0. The molecule has 0 spiro atoms. The number of nitrogens with one attached hydrogen (secondary N) is 1. The van der Waals surface area contributed by atoms with Crippen molar-refractivity contribution in [1.29, 1.82) is 0 Å². The van der Waals surface area contributed by atoms with Crippen molar-refractivity contribution in [1.82, 2.24) is 5.32 Å². The molecule has 1 aromatic carbocycles. The number of phenolic OH excluding ortho intramolecular Hbond substituents is 1. The highest BCUT2D eigenvalue weighted by Crippen LogP contribution is 2.11. The molecule has 4 heteroatoms. The number of hydrogen-bond acceptors (Lipinski definition) is 3. The van der Waals surface area contributed by atoms with Gasteiger partial charge in [0, 0.05) is 12.1 Å². The minimum atomic E-state index is -0.179. The molecule has 2 N–H and O–H groups in total. The Kier molecular flexibility index (Phi) is 3.22. The molecule has 16 heavy (non-hydrogen) atoms. The number of hydrogen-bond donors (Lipinski definition) is 2. The average Bonchev–Trinajstić information content (AvgIpc) is 2.78. The Morgan fingerprint density at radius 2 is 2.25 bits per heavy atom. The van der Waals surface area contributed by atoms with Gasteiger partial charge in [-0.05, 0) is 40.6 Å². The minimum Gasteiger partial charge on any atom is -0.508 e. The quantitative estimate of drug-likeness (QED) is 0.855. The van der Waals surface area contributed by atoms with Crippen molar-refractivity contribution >= 4 is 17.2 Å². The first kappa shape index (κ1) is 10.7. The van der Waals surface area contributed by atoms with E-state index in [1.165, 1.54) is 12.1 Å². The summed E-state index contributed by atoms with van der Waals surface area (Å²) in [7, 11) is 0. The van der Waals surface area contributed by atoms with Gasteiger partial charge in [0.15, 0.2) is 0 Å². The van der Waals surface area contributed by atoms with Gasteiger partial charge in [-0.3, -0.25) is 4.79 Å². The average molecular weight is 233 g/mol. The molecule has 82 valence electrons. The van der Waals surface area contributed by atoms with Gasteiger partial charge >= 0.3 is 0 Å². The Hall–Kier alpha value is -1.81. The summed E-state index contributed by atoms with van der Waals surface area (Å²) in [6, 6.07) is 8.27. The highest BCUT2D eigenvalue weighted by atomic mass is 32.1. The molecular weight excluding hydrogens is 222 g/mol. The van der Waals surface area contributed by atoms with Crippen LogP contribution in [0.3, 0.4) is 0 Å². The Labute approximate surface area is 97.4 Å². The fourth-order valence-electron chi connectivity index (χ4n) is 1.32. The van der Waals surface area contributed by atoms with E-state index in [2.05, 4.69) is 5.32 Å². The van der Waals surface area contributed by atoms with E-state index < -0.39 is 0 Å². The van der Waals surface area contributed by atoms with E-state index in [4.69, 9.17) is 0 Å². The fourth-order valence-corrected chi connectivity index (χ4v) is 1.99. The van der Waals surface area contributed by atoms with Crippen LogP contribution in [0.4, 0.5) is 0 Å². The third kappa shape index (κ3) is 2.61. The molecule has 0 aliphatic carbocycles. The van der Waals surface area contributed by atoms with Crippen molar-refractivity contribution < 1.29 is 9.90 Å². The molecule has 1 aromatic heterocycles. The molecule has 1 heterocycles. The molecule has 2 aromatic rings. The lowest BCUT2D eigenvalue weighted by atomic mass is 10.2. The smallest absolute Gasteiger partial charge is 0.251 e. The lowest BCUT2D eigenvalue weighted by Crippen LogP contribution is -2.22. The van der Waals surface area contributed by atoms with E-state index in [9.17, 15) is 9.90 Å². The molecule has 3 nitrogen and oxygen atoms in total. The van der Waals surface area contributed by atoms with Crippen molar-refractivity contribution in [3.05, 3.63) is 52.2 Å². The van der Waals surface area contributed by atoms with Crippen LogP contribution in [0.5, 0.6) is 5.75 Å². The number of benzene rings is 1. The van der Waals surface area contributed by atoms with Crippen LogP contribution in [-0.2, 0) is 6.54 Å². The summed E-state index contributed by atoms with van der Waals surface area (Å²) < 4.78 is 0. The molecule has 1 amide bonds. The van der Waals surface area contributed by atoms with Crippen molar-refractivity contribution in [2.45, 2.75) is 6.54 Å². The summed E-state index contributed by atoms with van der Waals surface area (Å²) in [5.41, 5.74) is 1.55. The fraction of sp³-hybridized carbons (Fsp3) is 0.0833. The van der Waals surface area contributed by atoms with Crippen LogP contribution in [0, 0.1) is 0 Å². The number of carbonyl (C=O) groups excluding carboxylic acids is 1. The Morgan fingerprint density at radius 3 is 2.94 bits per heavy atom. The third-order valence-corrected chi connectivity index (χ3v) is 2.87. The summed E-state index contributed by atoms with van der Waals surface area (Å²) in [6.45, 7) is 0.512. The normalized spacial score (nSPS) is 10.0. The van der Waals surface area contributed by atoms with E-state index in [0.717, 1.165) is 5.56 Å². The van der Waals surface area contributed by atoms with E-state index >= 15 is 0 Å². The van der Waals surface area contributed by atoms with Crippen LogP contribution in [0.1, 0.15) is 15.9 Å². The standard InChI is InChI=1S/C12H11NO2S/c14-11-3-1-2-10(6-11)12(15)13-7-9-4-5-16-8-9/h1-6,8,14H,7H2,(H,13,15). The maximum absolute atomic E-state index is 11.7. The highest BCUT2D eigenvalue weighted by molar-refractivity contribution is 7.07. The zero-order chi connectivity index (χ0) is 11.4. The predicted molar refractivity (Wildman–Crippen MR) is 63.6 cm³/mol. The van der Waals surface area contributed by atoms with Crippen molar-refractivity contribution in [2.75, 3.05) is 0 Å². The van der Waals surface area contributed by atoms with Gasteiger partial charge in [-0.2, -0.15) is 11.3 Å². The maximum Gasteiger partial charge on any atom is 0.251 e. The number of phenols is 1. The van der Waals surface area contributed by atoms with Gasteiger partial charge in [-0.1, -0.05) is 6.07 Å². The zero-order valence-electron chi connectivity index (χ0n) is 8.51. The number of rotatable bonds is 3. The lowest BCUT2D eigenvalue weighted by Gasteiger charge is -2.03. The Bertz CT molecular complexity index is 480. The van der Waals surface area contributed by atoms with Crippen molar-refractivity contribution in [3.63, 3.8) is 0 Å². The van der Waals surface area contributed by atoms with E-state index in [-0.39, 0.29) is 11.7 Å². The Morgan fingerprint density at radius 1 is 1.38 bits per heavy atom. The first-order chi connectivity index (χ1) is 7.75. The molecule has 0 atom stereocenters. The molecular formula is C12H11NO2S. The van der Waals surface area contributed by atoms with Gasteiger partial charge in [-0.15, -0.1) is 0 Å². The van der Waals surface area contributed by atoms with Crippen LogP contribution < -0.4 is 5.32 Å². The van der Waals surface area contributed by atoms with Crippen LogP contribution >= 0.6 is 11.3 Å². The van der Waals surface area contributed by atoms with Gasteiger partial charge in [0.2, 0.25) is 0 Å². The number of amides is 1. The van der Waals surface area contributed by atoms with E-state index in [1.807, 2.05) is 16.8 Å². The second kappa shape index (κ2) is 4.81.